The molecular formula is C14H20N2O2. The van der Waals surface area contributed by atoms with Crippen molar-refractivity contribution in [2.24, 2.45) is 0 Å². The molecule has 0 saturated carbocycles. The molecule has 1 saturated heterocycles. The Balaban J connectivity index is 2.11. The van der Waals surface area contributed by atoms with E-state index in [1.54, 1.807) is 0 Å². The van der Waals surface area contributed by atoms with Crippen LogP contribution in [0.3, 0.4) is 0 Å². The lowest BCUT2D eigenvalue weighted by Crippen LogP contribution is -2.30. The molecule has 2 rings (SSSR count). The van der Waals surface area contributed by atoms with Crippen molar-refractivity contribution in [1.29, 1.82) is 0 Å². The standard InChI is InChI=1S/C14H20N2O2/c1-18-14(17)10-11-5-6-13(12(15)9-11)16-7-3-2-4-8-16/h5-6,9H,2-4,7-8,10,15H2,1H3. The monoisotopic (exact) mass is 248 g/mol. The summed E-state index contributed by atoms with van der Waals surface area (Å²) in [5, 5.41) is 0. The lowest BCUT2D eigenvalue weighted by Gasteiger charge is -2.30. The average Bonchev–Trinajstić information content (AvgIpc) is 2.40. The van der Waals surface area contributed by atoms with E-state index in [0.717, 1.165) is 30.0 Å². The third-order valence-corrected chi connectivity index (χ3v) is 3.36. The maximum Gasteiger partial charge on any atom is 0.309 e. The predicted octanol–water partition coefficient (Wildman–Crippen LogP) is 1.97. The van der Waals surface area contributed by atoms with Crippen molar-refractivity contribution in [1.82, 2.24) is 0 Å². The van der Waals surface area contributed by atoms with Gasteiger partial charge in [-0.1, -0.05) is 6.07 Å². The van der Waals surface area contributed by atoms with Crippen molar-refractivity contribution in [2.75, 3.05) is 30.8 Å². The molecule has 0 radical (unpaired) electrons. The number of methoxy groups -OCH3 is 1. The SMILES string of the molecule is COC(=O)Cc1ccc(N2CCCCC2)c(N)c1. The molecule has 0 aromatic heterocycles. The van der Waals surface area contributed by atoms with E-state index in [4.69, 9.17) is 5.73 Å². The van der Waals surface area contributed by atoms with Gasteiger partial charge in [0.15, 0.2) is 0 Å². The predicted molar refractivity (Wildman–Crippen MR) is 72.6 cm³/mol. The summed E-state index contributed by atoms with van der Waals surface area (Å²) in [6, 6.07) is 5.84. The number of hydrogen-bond acceptors (Lipinski definition) is 4. The summed E-state index contributed by atoms with van der Waals surface area (Å²) in [5.74, 6) is -0.236. The van der Waals surface area contributed by atoms with Crippen molar-refractivity contribution < 1.29 is 9.53 Å². The molecule has 0 atom stereocenters. The van der Waals surface area contributed by atoms with Gasteiger partial charge in [0.2, 0.25) is 0 Å². The van der Waals surface area contributed by atoms with Crippen molar-refractivity contribution in [3.8, 4) is 0 Å². The summed E-state index contributed by atoms with van der Waals surface area (Å²) in [6.07, 6.45) is 4.03. The molecule has 0 amide bonds. The normalized spacial score (nSPS) is 15.5. The van der Waals surface area contributed by atoms with Gasteiger partial charge in [0.05, 0.1) is 24.9 Å². The second kappa shape index (κ2) is 5.76. The van der Waals surface area contributed by atoms with Crippen LogP contribution in [0.25, 0.3) is 0 Å². The minimum absolute atomic E-state index is 0.236. The zero-order valence-corrected chi connectivity index (χ0v) is 10.8. The number of carbonyl (C=O) groups is 1. The molecule has 1 heterocycles. The van der Waals surface area contributed by atoms with Crippen molar-refractivity contribution in [3.63, 3.8) is 0 Å². The van der Waals surface area contributed by atoms with Gasteiger partial charge in [0.1, 0.15) is 0 Å². The zero-order chi connectivity index (χ0) is 13.0. The fourth-order valence-electron chi connectivity index (χ4n) is 2.38. The summed E-state index contributed by atoms with van der Waals surface area (Å²) in [6.45, 7) is 2.14. The maximum absolute atomic E-state index is 11.2. The van der Waals surface area contributed by atoms with Crippen molar-refractivity contribution >= 4 is 17.3 Å². The first-order valence-corrected chi connectivity index (χ1v) is 6.41. The molecule has 0 spiro atoms. The van der Waals surface area contributed by atoms with Crippen LogP contribution in [0.15, 0.2) is 18.2 Å². The second-order valence-corrected chi connectivity index (χ2v) is 4.69. The molecule has 1 aliphatic heterocycles. The Bertz CT molecular complexity index is 426. The first-order chi connectivity index (χ1) is 8.70. The number of benzene rings is 1. The Morgan fingerprint density at radius 2 is 2.06 bits per heavy atom. The summed E-state index contributed by atoms with van der Waals surface area (Å²) < 4.78 is 4.65. The number of piperidine rings is 1. The maximum atomic E-state index is 11.2. The van der Waals surface area contributed by atoms with Crippen LogP contribution >= 0.6 is 0 Å². The quantitative estimate of drug-likeness (QED) is 0.656. The molecule has 1 aromatic carbocycles. The molecule has 98 valence electrons. The van der Waals surface area contributed by atoms with Crippen LogP contribution in [-0.4, -0.2) is 26.2 Å². The van der Waals surface area contributed by atoms with Gasteiger partial charge in [-0.15, -0.1) is 0 Å². The number of hydrogen-bond donors (Lipinski definition) is 1. The number of ether oxygens (including phenoxy) is 1. The topological polar surface area (TPSA) is 55.6 Å². The van der Waals surface area contributed by atoms with Gasteiger partial charge in [-0.25, -0.2) is 0 Å². The molecular weight excluding hydrogens is 228 g/mol. The van der Waals surface area contributed by atoms with E-state index < -0.39 is 0 Å². The number of carbonyl (C=O) groups excluding carboxylic acids is 1. The van der Waals surface area contributed by atoms with Gasteiger partial charge >= 0.3 is 5.97 Å². The summed E-state index contributed by atoms with van der Waals surface area (Å²) >= 11 is 0. The average molecular weight is 248 g/mol. The van der Waals surface area contributed by atoms with Crippen LogP contribution in [0.2, 0.25) is 0 Å². The number of nitrogens with two attached hydrogens (primary N) is 1. The highest BCUT2D eigenvalue weighted by molar-refractivity contribution is 5.75. The third-order valence-electron chi connectivity index (χ3n) is 3.36. The van der Waals surface area contributed by atoms with Gasteiger partial charge in [-0.2, -0.15) is 0 Å². The Hall–Kier alpha value is -1.71. The van der Waals surface area contributed by atoms with Crippen molar-refractivity contribution in [2.45, 2.75) is 25.7 Å². The fraction of sp³-hybridized carbons (Fsp3) is 0.500. The highest BCUT2D eigenvalue weighted by Crippen LogP contribution is 2.27. The summed E-state index contributed by atoms with van der Waals surface area (Å²) in [4.78, 5) is 13.5. The van der Waals surface area contributed by atoms with Gasteiger partial charge in [-0.05, 0) is 37.0 Å². The van der Waals surface area contributed by atoms with Crippen molar-refractivity contribution in [3.05, 3.63) is 23.8 Å². The van der Waals surface area contributed by atoms with E-state index in [-0.39, 0.29) is 12.4 Å². The Kier molecular flexibility index (Phi) is 4.07. The number of nitrogens with zero attached hydrogens (tertiary/aromatic N) is 1. The van der Waals surface area contributed by atoms with Crippen LogP contribution in [-0.2, 0) is 16.0 Å². The summed E-state index contributed by atoms with van der Waals surface area (Å²) in [5.41, 5.74) is 8.81. The molecule has 4 nitrogen and oxygen atoms in total. The van der Waals surface area contributed by atoms with E-state index >= 15 is 0 Å². The Labute approximate surface area is 108 Å². The Morgan fingerprint density at radius 1 is 1.33 bits per heavy atom. The van der Waals surface area contributed by atoms with Crippen LogP contribution in [0.5, 0.6) is 0 Å². The number of nitrogen functional groups attached to an aromatic ring is 1. The minimum Gasteiger partial charge on any atom is -0.469 e. The second-order valence-electron chi connectivity index (χ2n) is 4.69. The lowest BCUT2D eigenvalue weighted by molar-refractivity contribution is -0.139. The van der Waals surface area contributed by atoms with Gasteiger partial charge in [0.25, 0.3) is 0 Å². The van der Waals surface area contributed by atoms with E-state index in [1.165, 1.54) is 26.4 Å². The van der Waals surface area contributed by atoms with Gasteiger partial charge < -0.3 is 15.4 Å². The van der Waals surface area contributed by atoms with Crippen LogP contribution < -0.4 is 10.6 Å². The largest absolute Gasteiger partial charge is 0.469 e. The first-order valence-electron chi connectivity index (χ1n) is 6.41. The van der Waals surface area contributed by atoms with E-state index in [1.807, 2.05) is 18.2 Å². The minimum atomic E-state index is -0.236. The van der Waals surface area contributed by atoms with E-state index in [0.29, 0.717) is 0 Å². The molecule has 18 heavy (non-hydrogen) atoms. The molecule has 0 bridgehead atoms. The molecule has 4 heteroatoms. The molecule has 0 unspecified atom stereocenters. The smallest absolute Gasteiger partial charge is 0.309 e. The zero-order valence-electron chi connectivity index (χ0n) is 10.8. The summed E-state index contributed by atoms with van der Waals surface area (Å²) in [7, 11) is 1.40. The van der Waals surface area contributed by atoms with E-state index in [2.05, 4.69) is 9.64 Å². The number of esters is 1. The Morgan fingerprint density at radius 3 is 2.67 bits per heavy atom. The van der Waals surface area contributed by atoms with Crippen LogP contribution in [0.4, 0.5) is 11.4 Å². The molecule has 1 fully saturated rings. The van der Waals surface area contributed by atoms with Gasteiger partial charge in [-0.3, -0.25) is 4.79 Å². The van der Waals surface area contributed by atoms with Crippen LogP contribution in [0, 0.1) is 0 Å². The third kappa shape index (κ3) is 2.94. The lowest BCUT2D eigenvalue weighted by atomic mass is 10.1. The van der Waals surface area contributed by atoms with Crippen LogP contribution in [0.1, 0.15) is 24.8 Å². The highest BCUT2D eigenvalue weighted by Gasteiger charge is 2.14. The molecule has 0 aliphatic carbocycles. The first kappa shape index (κ1) is 12.7. The highest BCUT2D eigenvalue weighted by atomic mass is 16.5. The molecule has 1 aliphatic rings. The van der Waals surface area contributed by atoms with E-state index in [9.17, 15) is 4.79 Å². The number of anilines is 2. The van der Waals surface area contributed by atoms with Gasteiger partial charge in [0, 0.05) is 13.1 Å². The molecule has 2 N–H and O–H groups in total. The fourth-order valence-corrected chi connectivity index (χ4v) is 2.38. The number of rotatable bonds is 3. The molecule has 1 aromatic rings.